The highest BCUT2D eigenvalue weighted by Crippen LogP contribution is 2.16. The molecular formula is C27H33ClFN3O4. The summed E-state index contributed by atoms with van der Waals surface area (Å²) in [5.74, 6) is -3.90. The zero-order valence-electron chi connectivity index (χ0n) is 21.2. The van der Waals surface area contributed by atoms with Gasteiger partial charge in [-0.1, -0.05) is 55.8 Å². The Morgan fingerprint density at radius 1 is 0.944 bits per heavy atom. The van der Waals surface area contributed by atoms with E-state index in [0.717, 1.165) is 11.6 Å². The van der Waals surface area contributed by atoms with Crippen LogP contribution in [0.1, 0.15) is 57.0 Å². The lowest BCUT2D eigenvalue weighted by Crippen LogP contribution is -2.56. The van der Waals surface area contributed by atoms with Crippen LogP contribution in [0, 0.1) is 11.7 Å². The Labute approximate surface area is 216 Å². The highest BCUT2D eigenvalue weighted by atomic mass is 35.5. The van der Waals surface area contributed by atoms with Gasteiger partial charge in [0, 0.05) is 17.0 Å². The van der Waals surface area contributed by atoms with Crippen molar-refractivity contribution in [3.8, 4) is 0 Å². The summed E-state index contributed by atoms with van der Waals surface area (Å²) in [5.41, 5.74) is -0.167. The molecule has 0 fully saturated rings. The SMILES string of the molecule is CC(C)C[C@H](NC(=O)c1ccc(Cl)cc1F)C(=O)NC(Cc1ccccc1)C(=O)C(=O)NC(C)(C)C. The molecule has 2 aromatic carbocycles. The molecule has 2 atom stereocenters. The topological polar surface area (TPSA) is 104 Å². The number of rotatable bonds is 10. The number of hydrogen-bond acceptors (Lipinski definition) is 4. The molecule has 194 valence electrons. The molecule has 1 unspecified atom stereocenters. The van der Waals surface area contributed by atoms with Crippen molar-refractivity contribution >= 4 is 35.1 Å². The van der Waals surface area contributed by atoms with Crippen LogP contribution in [0.2, 0.25) is 5.02 Å². The fourth-order valence-electron chi connectivity index (χ4n) is 3.50. The van der Waals surface area contributed by atoms with Crippen molar-refractivity contribution in [2.45, 2.75) is 65.1 Å². The van der Waals surface area contributed by atoms with Gasteiger partial charge in [-0.2, -0.15) is 0 Å². The maximum atomic E-state index is 14.3. The third-order valence-electron chi connectivity index (χ3n) is 5.13. The molecule has 3 amide bonds. The summed E-state index contributed by atoms with van der Waals surface area (Å²) in [4.78, 5) is 51.7. The summed E-state index contributed by atoms with van der Waals surface area (Å²) in [6.45, 7) is 8.95. The first-order valence-electron chi connectivity index (χ1n) is 11.7. The average Bonchev–Trinajstić information content (AvgIpc) is 2.76. The minimum absolute atomic E-state index is 0.0106. The molecule has 2 rings (SSSR count). The molecule has 0 aliphatic heterocycles. The van der Waals surface area contributed by atoms with Crippen molar-refractivity contribution in [2.75, 3.05) is 0 Å². The van der Waals surface area contributed by atoms with E-state index in [0.29, 0.717) is 0 Å². The van der Waals surface area contributed by atoms with Crippen molar-refractivity contribution in [3.63, 3.8) is 0 Å². The Kier molecular flexibility index (Phi) is 10.2. The monoisotopic (exact) mass is 517 g/mol. The fraction of sp³-hybridized carbons (Fsp3) is 0.407. The fourth-order valence-corrected chi connectivity index (χ4v) is 3.66. The summed E-state index contributed by atoms with van der Waals surface area (Å²) in [5, 5.41) is 7.95. The van der Waals surface area contributed by atoms with E-state index in [4.69, 9.17) is 11.6 Å². The van der Waals surface area contributed by atoms with E-state index in [1.54, 1.807) is 45.0 Å². The number of hydrogen-bond donors (Lipinski definition) is 3. The first-order valence-corrected chi connectivity index (χ1v) is 12.1. The Morgan fingerprint density at radius 2 is 1.58 bits per heavy atom. The standard InChI is InChI=1S/C27H33ClFN3O4/c1-16(2)13-22(31-24(34)19-12-11-18(28)15-20(19)29)25(35)30-21(14-17-9-7-6-8-10-17)23(33)26(36)32-27(3,4)5/h6-12,15-16,21-22H,13-14H2,1-5H3,(H,30,35)(H,31,34)(H,32,36)/t21?,22-/m0/s1. The Hall–Kier alpha value is -3.26. The van der Waals surface area contributed by atoms with Crippen LogP contribution in [0.3, 0.4) is 0 Å². The third kappa shape index (κ3) is 9.07. The highest BCUT2D eigenvalue weighted by Gasteiger charge is 2.32. The zero-order valence-corrected chi connectivity index (χ0v) is 21.9. The molecule has 7 nitrogen and oxygen atoms in total. The molecule has 36 heavy (non-hydrogen) atoms. The summed E-state index contributed by atoms with van der Waals surface area (Å²) in [6.07, 6.45) is 0.310. The van der Waals surface area contributed by atoms with Crippen LogP contribution < -0.4 is 16.0 Å². The van der Waals surface area contributed by atoms with E-state index in [2.05, 4.69) is 16.0 Å². The lowest BCUT2D eigenvalue weighted by molar-refractivity contribution is -0.141. The van der Waals surface area contributed by atoms with Crippen LogP contribution in [0.5, 0.6) is 0 Å². The average molecular weight is 518 g/mol. The maximum Gasteiger partial charge on any atom is 0.290 e. The minimum atomic E-state index is -1.17. The van der Waals surface area contributed by atoms with Gasteiger partial charge in [-0.25, -0.2) is 4.39 Å². The van der Waals surface area contributed by atoms with Crippen LogP contribution >= 0.6 is 11.6 Å². The highest BCUT2D eigenvalue weighted by molar-refractivity contribution is 6.38. The quantitative estimate of drug-likeness (QED) is 0.416. The van der Waals surface area contributed by atoms with E-state index >= 15 is 0 Å². The van der Waals surface area contributed by atoms with E-state index in [-0.39, 0.29) is 29.3 Å². The van der Waals surface area contributed by atoms with Crippen molar-refractivity contribution in [1.29, 1.82) is 0 Å². The lowest BCUT2D eigenvalue weighted by Gasteiger charge is -2.25. The van der Waals surface area contributed by atoms with Gasteiger partial charge in [0.1, 0.15) is 17.9 Å². The van der Waals surface area contributed by atoms with Gasteiger partial charge in [-0.05, 0) is 56.9 Å². The number of carbonyl (C=O) groups is 4. The molecule has 0 heterocycles. The summed E-state index contributed by atoms with van der Waals surface area (Å²) in [7, 11) is 0. The summed E-state index contributed by atoms with van der Waals surface area (Å²) in [6, 6.07) is 10.3. The van der Waals surface area contributed by atoms with Crippen molar-refractivity contribution in [3.05, 3.63) is 70.5 Å². The van der Waals surface area contributed by atoms with Gasteiger partial charge in [-0.15, -0.1) is 0 Å². The smallest absolute Gasteiger partial charge is 0.290 e. The maximum absolute atomic E-state index is 14.3. The molecule has 3 N–H and O–H groups in total. The predicted octanol–water partition coefficient (Wildman–Crippen LogP) is 3.83. The van der Waals surface area contributed by atoms with Gasteiger partial charge in [0.25, 0.3) is 11.8 Å². The van der Waals surface area contributed by atoms with E-state index < -0.39 is 46.9 Å². The van der Waals surface area contributed by atoms with E-state index in [9.17, 15) is 23.6 Å². The number of carbonyl (C=O) groups excluding carboxylic acids is 4. The number of Topliss-reactive ketones (excluding diaryl/α,β-unsaturated/α-hetero) is 1. The van der Waals surface area contributed by atoms with Gasteiger partial charge in [0.15, 0.2) is 0 Å². The minimum Gasteiger partial charge on any atom is -0.345 e. The third-order valence-corrected chi connectivity index (χ3v) is 5.37. The van der Waals surface area contributed by atoms with Crippen molar-refractivity contribution < 1.29 is 23.6 Å². The largest absolute Gasteiger partial charge is 0.345 e. The molecule has 0 radical (unpaired) electrons. The van der Waals surface area contributed by atoms with Crippen molar-refractivity contribution in [2.24, 2.45) is 5.92 Å². The molecule has 0 aliphatic carbocycles. The summed E-state index contributed by atoms with van der Waals surface area (Å²) >= 11 is 5.77. The lowest BCUT2D eigenvalue weighted by atomic mass is 9.98. The number of nitrogens with one attached hydrogen (secondary N) is 3. The number of halogens is 2. The second kappa shape index (κ2) is 12.6. The van der Waals surface area contributed by atoms with Crippen LogP contribution in [0.4, 0.5) is 4.39 Å². The van der Waals surface area contributed by atoms with Crippen LogP contribution in [-0.2, 0) is 20.8 Å². The van der Waals surface area contributed by atoms with Crippen LogP contribution in [0.15, 0.2) is 48.5 Å². The predicted molar refractivity (Wildman–Crippen MR) is 137 cm³/mol. The van der Waals surface area contributed by atoms with Gasteiger partial charge in [0.2, 0.25) is 11.7 Å². The normalized spacial score (nSPS) is 13.0. The number of benzene rings is 2. The molecule has 2 aromatic rings. The molecule has 0 bridgehead atoms. The first-order chi connectivity index (χ1) is 16.8. The van der Waals surface area contributed by atoms with Gasteiger partial charge < -0.3 is 16.0 Å². The molecule has 0 spiro atoms. The molecular weight excluding hydrogens is 485 g/mol. The molecule has 0 saturated carbocycles. The molecule has 0 aromatic heterocycles. The van der Waals surface area contributed by atoms with E-state index in [1.807, 2.05) is 19.9 Å². The molecule has 9 heteroatoms. The van der Waals surface area contributed by atoms with Crippen molar-refractivity contribution in [1.82, 2.24) is 16.0 Å². The second-order valence-corrected chi connectivity index (χ2v) is 10.5. The van der Waals surface area contributed by atoms with Gasteiger partial charge in [0.05, 0.1) is 5.56 Å². The Bertz CT molecular complexity index is 1100. The van der Waals surface area contributed by atoms with Crippen LogP contribution in [0.25, 0.3) is 0 Å². The van der Waals surface area contributed by atoms with Gasteiger partial charge >= 0.3 is 0 Å². The second-order valence-electron chi connectivity index (χ2n) is 10.1. The molecule has 0 aliphatic rings. The van der Waals surface area contributed by atoms with E-state index in [1.165, 1.54) is 12.1 Å². The van der Waals surface area contributed by atoms with Gasteiger partial charge in [-0.3, -0.25) is 19.2 Å². The Balaban J connectivity index is 2.27. The Morgan fingerprint density at radius 3 is 2.14 bits per heavy atom. The molecule has 0 saturated heterocycles. The summed E-state index contributed by atoms with van der Waals surface area (Å²) < 4.78 is 14.3. The number of amides is 3. The first kappa shape index (κ1) is 29.0. The number of ketones is 1. The van der Waals surface area contributed by atoms with Crippen LogP contribution in [-0.4, -0.2) is 41.1 Å². The zero-order chi connectivity index (χ0) is 27.0.